The number of nitrogens with one attached hydrogen (secondary N) is 2. The number of carbonyl (C=O) groups is 1. The van der Waals surface area contributed by atoms with Crippen LogP contribution in [0.25, 0.3) is 0 Å². The molecule has 0 bridgehead atoms. The third kappa shape index (κ3) is 4.05. The van der Waals surface area contributed by atoms with E-state index in [-0.39, 0.29) is 23.9 Å². The zero-order chi connectivity index (χ0) is 14.4. The van der Waals surface area contributed by atoms with E-state index in [9.17, 15) is 9.59 Å². The van der Waals surface area contributed by atoms with Crippen LogP contribution in [0.15, 0.2) is 4.79 Å². The standard InChI is InChI=1S/C13H22N4O2.ClH/c1-5-9-10(6-2)15-16-12(18)11(9)13(19)17(4)8-7-14-3;/h14H,5-8H2,1-4H3,(H,16,18);1H. The fourth-order valence-corrected chi connectivity index (χ4v) is 1.99. The van der Waals surface area contributed by atoms with E-state index in [1.165, 1.54) is 0 Å². The van der Waals surface area contributed by atoms with E-state index in [0.29, 0.717) is 25.9 Å². The summed E-state index contributed by atoms with van der Waals surface area (Å²) in [4.78, 5) is 25.8. The van der Waals surface area contributed by atoms with E-state index in [0.717, 1.165) is 11.3 Å². The number of hydrogen-bond acceptors (Lipinski definition) is 4. The Labute approximate surface area is 125 Å². The van der Waals surface area contributed by atoms with Crippen LogP contribution in [0.4, 0.5) is 0 Å². The summed E-state index contributed by atoms with van der Waals surface area (Å²) < 4.78 is 0. The number of rotatable bonds is 6. The lowest BCUT2D eigenvalue weighted by molar-refractivity contribution is 0.0793. The van der Waals surface area contributed by atoms with Crippen LogP contribution in [0.5, 0.6) is 0 Å². The van der Waals surface area contributed by atoms with Crippen LogP contribution < -0.4 is 10.9 Å². The van der Waals surface area contributed by atoms with Crippen LogP contribution in [0, 0.1) is 0 Å². The van der Waals surface area contributed by atoms with Crippen molar-refractivity contribution in [2.45, 2.75) is 26.7 Å². The molecule has 1 aromatic heterocycles. The van der Waals surface area contributed by atoms with E-state index < -0.39 is 5.56 Å². The van der Waals surface area contributed by atoms with Gasteiger partial charge in [-0.1, -0.05) is 13.8 Å². The number of aromatic amines is 1. The fourth-order valence-electron chi connectivity index (χ4n) is 1.99. The molecule has 1 amide bonds. The zero-order valence-electron chi connectivity index (χ0n) is 12.4. The molecule has 0 saturated carbocycles. The van der Waals surface area contributed by atoms with Crippen LogP contribution in [-0.2, 0) is 12.8 Å². The number of carbonyl (C=O) groups excluding carboxylic acids is 1. The van der Waals surface area contributed by atoms with Crippen molar-refractivity contribution in [1.29, 1.82) is 0 Å². The van der Waals surface area contributed by atoms with Gasteiger partial charge in [-0.25, -0.2) is 5.10 Å². The number of likely N-dealkylation sites (N-methyl/N-ethyl adjacent to an activating group) is 2. The summed E-state index contributed by atoms with van der Waals surface area (Å²) in [5, 5.41) is 9.41. The molecular formula is C13H23ClN4O2. The van der Waals surface area contributed by atoms with Crippen molar-refractivity contribution < 1.29 is 4.79 Å². The molecule has 0 saturated heterocycles. The predicted octanol–water partition coefficient (Wildman–Crippen LogP) is 0.608. The number of aryl methyl sites for hydroxylation is 1. The summed E-state index contributed by atoms with van der Waals surface area (Å²) in [5.41, 5.74) is 1.36. The van der Waals surface area contributed by atoms with Gasteiger partial charge >= 0.3 is 0 Å². The molecule has 0 atom stereocenters. The molecule has 0 aliphatic heterocycles. The summed E-state index contributed by atoms with van der Waals surface area (Å²) in [6, 6.07) is 0. The predicted molar refractivity (Wildman–Crippen MR) is 81.7 cm³/mol. The molecule has 0 unspecified atom stereocenters. The maximum absolute atomic E-state index is 12.4. The quantitative estimate of drug-likeness (QED) is 0.807. The zero-order valence-corrected chi connectivity index (χ0v) is 13.3. The van der Waals surface area contributed by atoms with Crippen molar-refractivity contribution >= 4 is 18.3 Å². The summed E-state index contributed by atoms with van der Waals surface area (Å²) in [6.07, 6.45) is 1.32. The first-order chi connectivity index (χ1) is 9.06. The first-order valence-electron chi connectivity index (χ1n) is 6.57. The van der Waals surface area contributed by atoms with Gasteiger partial charge in [-0.05, 0) is 25.5 Å². The molecule has 0 aliphatic rings. The Kier molecular flexibility index (Phi) is 8.10. The van der Waals surface area contributed by atoms with Crippen LogP contribution in [0.1, 0.15) is 35.5 Å². The lowest BCUT2D eigenvalue weighted by atomic mass is 10.0. The van der Waals surface area contributed by atoms with Gasteiger partial charge in [0.2, 0.25) is 0 Å². The Morgan fingerprint density at radius 3 is 2.50 bits per heavy atom. The van der Waals surface area contributed by atoms with Gasteiger partial charge in [-0.2, -0.15) is 5.10 Å². The molecule has 6 nitrogen and oxygen atoms in total. The first-order valence-corrected chi connectivity index (χ1v) is 6.57. The first kappa shape index (κ1) is 18.6. The third-order valence-electron chi connectivity index (χ3n) is 3.12. The molecule has 0 aromatic carbocycles. The molecule has 2 N–H and O–H groups in total. The molecule has 0 fully saturated rings. The summed E-state index contributed by atoms with van der Waals surface area (Å²) in [7, 11) is 3.52. The molecule has 1 aromatic rings. The Morgan fingerprint density at radius 1 is 1.35 bits per heavy atom. The monoisotopic (exact) mass is 302 g/mol. The summed E-state index contributed by atoms with van der Waals surface area (Å²) in [5.74, 6) is -0.245. The Bertz CT molecular complexity index is 502. The van der Waals surface area contributed by atoms with E-state index in [2.05, 4.69) is 15.5 Å². The molecule has 7 heteroatoms. The van der Waals surface area contributed by atoms with Crippen molar-refractivity contribution in [2.75, 3.05) is 27.2 Å². The highest BCUT2D eigenvalue weighted by molar-refractivity contribution is 5.95. The smallest absolute Gasteiger partial charge is 0.277 e. The van der Waals surface area contributed by atoms with E-state index in [1.54, 1.807) is 11.9 Å². The van der Waals surface area contributed by atoms with Crippen LogP contribution in [-0.4, -0.2) is 48.2 Å². The highest BCUT2D eigenvalue weighted by atomic mass is 35.5. The van der Waals surface area contributed by atoms with Crippen LogP contribution >= 0.6 is 12.4 Å². The lowest BCUT2D eigenvalue weighted by Gasteiger charge is -2.18. The fraction of sp³-hybridized carbons (Fsp3) is 0.615. The van der Waals surface area contributed by atoms with Gasteiger partial charge < -0.3 is 10.2 Å². The number of amides is 1. The van der Waals surface area contributed by atoms with Gasteiger partial charge in [0.25, 0.3) is 11.5 Å². The van der Waals surface area contributed by atoms with Gasteiger partial charge in [-0.3, -0.25) is 9.59 Å². The van der Waals surface area contributed by atoms with Gasteiger partial charge in [0.15, 0.2) is 0 Å². The normalized spacial score (nSPS) is 10.0. The van der Waals surface area contributed by atoms with Crippen molar-refractivity contribution in [3.8, 4) is 0 Å². The number of nitrogens with zero attached hydrogens (tertiary/aromatic N) is 2. The van der Waals surface area contributed by atoms with E-state index >= 15 is 0 Å². The number of hydrogen-bond donors (Lipinski definition) is 2. The van der Waals surface area contributed by atoms with E-state index in [1.807, 2.05) is 20.9 Å². The number of aromatic nitrogens is 2. The van der Waals surface area contributed by atoms with Crippen LogP contribution in [0.3, 0.4) is 0 Å². The second-order valence-electron chi connectivity index (χ2n) is 4.39. The molecule has 1 heterocycles. The molecule has 0 spiro atoms. The molecule has 20 heavy (non-hydrogen) atoms. The molecule has 0 aliphatic carbocycles. The number of H-pyrrole nitrogens is 1. The van der Waals surface area contributed by atoms with Crippen molar-refractivity contribution in [3.63, 3.8) is 0 Å². The second kappa shape index (κ2) is 8.71. The highest BCUT2D eigenvalue weighted by Gasteiger charge is 2.21. The summed E-state index contributed by atoms with van der Waals surface area (Å²) >= 11 is 0. The average Bonchev–Trinajstić information content (AvgIpc) is 2.43. The average molecular weight is 303 g/mol. The van der Waals surface area contributed by atoms with Gasteiger partial charge in [0.1, 0.15) is 5.56 Å². The molecule has 0 radical (unpaired) electrons. The minimum atomic E-state index is -0.407. The minimum absolute atomic E-state index is 0. The van der Waals surface area contributed by atoms with Crippen LogP contribution in [0.2, 0.25) is 0 Å². The minimum Gasteiger partial charge on any atom is -0.340 e. The largest absolute Gasteiger partial charge is 0.340 e. The van der Waals surface area contributed by atoms with Gasteiger partial charge in [0, 0.05) is 20.1 Å². The van der Waals surface area contributed by atoms with Gasteiger partial charge in [-0.15, -0.1) is 12.4 Å². The van der Waals surface area contributed by atoms with Crippen molar-refractivity contribution in [2.24, 2.45) is 0 Å². The van der Waals surface area contributed by atoms with Gasteiger partial charge in [0.05, 0.1) is 5.69 Å². The Hall–Kier alpha value is -1.40. The Balaban J connectivity index is 0.00000361. The lowest BCUT2D eigenvalue weighted by Crippen LogP contribution is -2.37. The van der Waals surface area contributed by atoms with Crippen molar-refractivity contribution in [3.05, 3.63) is 27.2 Å². The Morgan fingerprint density at radius 2 is 2.00 bits per heavy atom. The highest BCUT2D eigenvalue weighted by Crippen LogP contribution is 2.11. The third-order valence-corrected chi connectivity index (χ3v) is 3.12. The SMILES string of the molecule is CCc1n[nH]c(=O)c(C(=O)N(C)CCNC)c1CC.Cl. The molecule has 114 valence electrons. The maximum atomic E-state index is 12.4. The van der Waals surface area contributed by atoms with Crippen molar-refractivity contribution in [1.82, 2.24) is 20.4 Å². The second-order valence-corrected chi connectivity index (χ2v) is 4.39. The number of halogens is 1. The molecular weight excluding hydrogens is 280 g/mol. The van der Waals surface area contributed by atoms with E-state index in [4.69, 9.17) is 0 Å². The molecule has 1 rings (SSSR count). The maximum Gasteiger partial charge on any atom is 0.277 e. The summed E-state index contributed by atoms with van der Waals surface area (Å²) in [6.45, 7) is 5.13. The topological polar surface area (TPSA) is 78.1 Å².